The molecule has 0 amide bonds. The predicted octanol–water partition coefficient (Wildman–Crippen LogP) is 7.17. The fourth-order valence-corrected chi connectivity index (χ4v) is 3.08. The molecule has 0 radical (unpaired) electrons. The molecule has 2 heteroatoms. The largest absolute Gasteiger partial charge is 0.493 e. The lowest BCUT2D eigenvalue weighted by molar-refractivity contribution is 0.306. The highest BCUT2D eigenvalue weighted by molar-refractivity contribution is 5.73. The van der Waals surface area contributed by atoms with Crippen molar-refractivity contribution in [1.29, 1.82) is 0 Å². The van der Waals surface area contributed by atoms with Crippen LogP contribution in [0, 0.1) is 0 Å². The smallest absolute Gasteiger partial charge is 0.127 e. The third-order valence-electron chi connectivity index (χ3n) is 4.67. The third-order valence-corrected chi connectivity index (χ3v) is 4.67. The highest BCUT2D eigenvalue weighted by Crippen LogP contribution is 2.34. The Balaban J connectivity index is 2.39. The number of ether oxygens (including phenoxy) is 2. The predicted molar refractivity (Wildman–Crippen MR) is 120 cm³/mol. The van der Waals surface area contributed by atoms with Gasteiger partial charge in [-0.1, -0.05) is 51.0 Å². The second-order valence-corrected chi connectivity index (χ2v) is 7.04. The molecule has 0 heterocycles. The standard InChI is InChI=1S/C26H34O2/c1-5-9-17-27-25-16-14-22(20-23(25)12-8-4)24-19-21(11-7-3)13-15-26(24)28-18-10-6-2/h7-8,13-16,19-20H,3-6,9-12,17-18H2,1-2H3. The molecule has 0 atom stereocenters. The zero-order valence-electron chi connectivity index (χ0n) is 17.5. The maximum absolute atomic E-state index is 6.10. The zero-order chi connectivity index (χ0) is 20.2. The molecule has 0 unspecified atom stereocenters. The van der Waals surface area contributed by atoms with Gasteiger partial charge in [0.1, 0.15) is 11.5 Å². The molecule has 0 fully saturated rings. The molecule has 0 aromatic heterocycles. The van der Waals surface area contributed by atoms with Gasteiger partial charge in [-0.25, -0.2) is 0 Å². The van der Waals surface area contributed by atoms with Crippen molar-refractivity contribution in [2.75, 3.05) is 13.2 Å². The summed E-state index contributed by atoms with van der Waals surface area (Å²) in [6.07, 6.45) is 9.87. The Bertz CT molecular complexity index is 761. The van der Waals surface area contributed by atoms with Crippen LogP contribution in [0.15, 0.2) is 61.7 Å². The number of rotatable bonds is 13. The number of hydrogen-bond acceptors (Lipinski definition) is 2. The van der Waals surface area contributed by atoms with Crippen LogP contribution in [0.25, 0.3) is 11.1 Å². The summed E-state index contributed by atoms with van der Waals surface area (Å²) in [5, 5.41) is 0. The molecule has 2 nitrogen and oxygen atoms in total. The van der Waals surface area contributed by atoms with E-state index < -0.39 is 0 Å². The van der Waals surface area contributed by atoms with Crippen molar-refractivity contribution in [3.63, 3.8) is 0 Å². The molecule has 0 spiro atoms. The van der Waals surface area contributed by atoms with Crippen LogP contribution in [-0.2, 0) is 12.8 Å². The molecule has 28 heavy (non-hydrogen) atoms. The summed E-state index contributed by atoms with van der Waals surface area (Å²) >= 11 is 0. The van der Waals surface area contributed by atoms with E-state index in [0.717, 1.165) is 79.9 Å². The van der Waals surface area contributed by atoms with Crippen LogP contribution in [-0.4, -0.2) is 13.2 Å². The summed E-state index contributed by atoms with van der Waals surface area (Å²) in [5.74, 6) is 1.89. The SMILES string of the molecule is C=CCc1ccc(OCCCC)c(-c2ccc(OCCCC)c(CC=C)c2)c1. The molecule has 0 aliphatic carbocycles. The normalized spacial score (nSPS) is 10.5. The van der Waals surface area contributed by atoms with Crippen molar-refractivity contribution in [3.8, 4) is 22.6 Å². The monoisotopic (exact) mass is 378 g/mol. The van der Waals surface area contributed by atoms with Crippen molar-refractivity contribution in [2.45, 2.75) is 52.4 Å². The van der Waals surface area contributed by atoms with Gasteiger partial charge in [0.25, 0.3) is 0 Å². The molecular formula is C26H34O2. The minimum atomic E-state index is 0.738. The lowest BCUT2D eigenvalue weighted by Crippen LogP contribution is -2.01. The first-order valence-corrected chi connectivity index (χ1v) is 10.5. The van der Waals surface area contributed by atoms with E-state index in [9.17, 15) is 0 Å². The van der Waals surface area contributed by atoms with Crippen LogP contribution < -0.4 is 9.47 Å². The van der Waals surface area contributed by atoms with Gasteiger partial charge in [-0.2, -0.15) is 0 Å². The van der Waals surface area contributed by atoms with Gasteiger partial charge in [-0.15, -0.1) is 13.2 Å². The molecule has 2 aromatic carbocycles. The van der Waals surface area contributed by atoms with Gasteiger partial charge in [0.15, 0.2) is 0 Å². The molecule has 0 aliphatic heterocycles. The average Bonchev–Trinajstić information content (AvgIpc) is 2.71. The third kappa shape index (κ3) is 6.30. The molecule has 0 N–H and O–H groups in total. The number of unbranched alkanes of at least 4 members (excludes halogenated alkanes) is 2. The van der Waals surface area contributed by atoms with E-state index in [-0.39, 0.29) is 0 Å². The average molecular weight is 379 g/mol. The molecule has 150 valence electrons. The fourth-order valence-electron chi connectivity index (χ4n) is 3.08. The maximum Gasteiger partial charge on any atom is 0.127 e. The Morgan fingerprint density at radius 1 is 0.786 bits per heavy atom. The van der Waals surface area contributed by atoms with Gasteiger partial charge in [-0.3, -0.25) is 0 Å². The van der Waals surface area contributed by atoms with E-state index in [1.807, 2.05) is 12.2 Å². The minimum absolute atomic E-state index is 0.738. The van der Waals surface area contributed by atoms with Crippen LogP contribution in [0.5, 0.6) is 11.5 Å². The van der Waals surface area contributed by atoms with Crippen molar-refractivity contribution in [3.05, 3.63) is 72.8 Å². The Hall–Kier alpha value is -2.48. The first kappa shape index (κ1) is 21.8. The summed E-state index contributed by atoms with van der Waals surface area (Å²) in [7, 11) is 0. The quantitative estimate of drug-likeness (QED) is 0.272. The van der Waals surface area contributed by atoms with Gasteiger partial charge in [0.05, 0.1) is 13.2 Å². The highest BCUT2D eigenvalue weighted by atomic mass is 16.5. The Labute approximate surface area is 170 Å². The molecule has 2 rings (SSSR count). The van der Waals surface area contributed by atoms with Gasteiger partial charge in [0.2, 0.25) is 0 Å². The van der Waals surface area contributed by atoms with Crippen molar-refractivity contribution < 1.29 is 9.47 Å². The van der Waals surface area contributed by atoms with E-state index in [2.05, 4.69) is 63.4 Å². The second kappa shape index (κ2) is 12.1. The van der Waals surface area contributed by atoms with Crippen LogP contribution in [0.3, 0.4) is 0 Å². The number of allylic oxidation sites excluding steroid dienone is 2. The first-order valence-electron chi connectivity index (χ1n) is 10.5. The molecule has 0 bridgehead atoms. The van der Waals surface area contributed by atoms with E-state index in [1.165, 1.54) is 5.56 Å². The summed E-state index contributed by atoms with van der Waals surface area (Å²) in [5.41, 5.74) is 4.68. The highest BCUT2D eigenvalue weighted by Gasteiger charge is 2.11. The summed E-state index contributed by atoms with van der Waals surface area (Å²) in [4.78, 5) is 0. The summed E-state index contributed by atoms with van der Waals surface area (Å²) in [6.45, 7) is 13.6. The van der Waals surface area contributed by atoms with Crippen molar-refractivity contribution in [1.82, 2.24) is 0 Å². The van der Waals surface area contributed by atoms with Crippen LogP contribution in [0.2, 0.25) is 0 Å². The van der Waals surface area contributed by atoms with E-state index in [1.54, 1.807) is 0 Å². The van der Waals surface area contributed by atoms with E-state index in [4.69, 9.17) is 9.47 Å². The summed E-state index contributed by atoms with van der Waals surface area (Å²) < 4.78 is 12.1. The number of hydrogen-bond donors (Lipinski definition) is 0. The molecule has 0 saturated heterocycles. The first-order chi connectivity index (χ1) is 13.7. The maximum atomic E-state index is 6.10. The minimum Gasteiger partial charge on any atom is -0.493 e. The molecule has 0 saturated carbocycles. The Morgan fingerprint density at radius 3 is 2.07 bits per heavy atom. The van der Waals surface area contributed by atoms with Gasteiger partial charge < -0.3 is 9.47 Å². The zero-order valence-corrected chi connectivity index (χ0v) is 17.5. The second-order valence-electron chi connectivity index (χ2n) is 7.04. The topological polar surface area (TPSA) is 18.5 Å². The lowest BCUT2D eigenvalue weighted by atomic mass is 9.97. The van der Waals surface area contributed by atoms with Crippen LogP contribution >= 0.6 is 0 Å². The van der Waals surface area contributed by atoms with Gasteiger partial charge >= 0.3 is 0 Å². The van der Waals surface area contributed by atoms with Gasteiger partial charge in [-0.05, 0) is 66.6 Å². The van der Waals surface area contributed by atoms with E-state index >= 15 is 0 Å². The lowest BCUT2D eigenvalue weighted by Gasteiger charge is -2.16. The van der Waals surface area contributed by atoms with Gasteiger partial charge in [0, 0.05) is 5.56 Å². The van der Waals surface area contributed by atoms with Crippen LogP contribution in [0.1, 0.15) is 50.7 Å². The van der Waals surface area contributed by atoms with E-state index in [0.29, 0.717) is 0 Å². The Kier molecular flexibility index (Phi) is 9.41. The van der Waals surface area contributed by atoms with Crippen molar-refractivity contribution >= 4 is 0 Å². The molecule has 2 aromatic rings. The van der Waals surface area contributed by atoms with Crippen molar-refractivity contribution in [2.24, 2.45) is 0 Å². The summed E-state index contributed by atoms with van der Waals surface area (Å²) in [6, 6.07) is 12.9. The number of benzene rings is 2. The van der Waals surface area contributed by atoms with Crippen LogP contribution in [0.4, 0.5) is 0 Å². The molecule has 0 aliphatic rings. The Morgan fingerprint density at radius 2 is 1.43 bits per heavy atom. The fraction of sp³-hybridized carbons (Fsp3) is 0.385. The molecular weight excluding hydrogens is 344 g/mol.